The van der Waals surface area contributed by atoms with Gasteiger partial charge in [0.1, 0.15) is 0 Å². The normalized spacial score (nSPS) is 20.3. The summed E-state index contributed by atoms with van der Waals surface area (Å²) in [7, 11) is -3.52. The summed E-state index contributed by atoms with van der Waals surface area (Å²) in [6.07, 6.45) is 5.17. The largest absolute Gasteiger partial charge is 0.326 e. The van der Waals surface area contributed by atoms with Gasteiger partial charge in [-0.3, -0.25) is 4.79 Å². The number of amides is 1. The second kappa shape index (κ2) is 8.50. The topological polar surface area (TPSA) is 69.7 Å². The van der Waals surface area contributed by atoms with Gasteiger partial charge in [-0.25, -0.2) is 8.42 Å². The van der Waals surface area contributed by atoms with Crippen molar-refractivity contribution in [1.82, 2.24) is 9.21 Å². The third kappa shape index (κ3) is 4.64. The van der Waals surface area contributed by atoms with Crippen LogP contribution in [0.3, 0.4) is 0 Å². The number of hydrogen-bond donors (Lipinski definition) is 1. The van der Waals surface area contributed by atoms with Crippen LogP contribution in [0.5, 0.6) is 0 Å². The van der Waals surface area contributed by atoms with E-state index in [0.29, 0.717) is 31.1 Å². The molecule has 0 unspecified atom stereocenters. The van der Waals surface area contributed by atoms with E-state index in [2.05, 4.69) is 17.1 Å². The van der Waals surface area contributed by atoms with Gasteiger partial charge in [-0.05, 0) is 43.5 Å². The molecule has 1 aromatic rings. The van der Waals surface area contributed by atoms with Crippen molar-refractivity contribution in [2.75, 3.05) is 38.0 Å². The molecular weight excluding hydrogens is 350 g/mol. The molecule has 1 N–H and O–H groups in total. The molecule has 0 bridgehead atoms. The molecule has 1 aliphatic carbocycles. The summed E-state index contributed by atoms with van der Waals surface area (Å²) < 4.78 is 27.3. The van der Waals surface area contributed by atoms with Crippen LogP contribution in [0.15, 0.2) is 29.2 Å². The molecule has 0 radical (unpaired) electrons. The minimum absolute atomic E-state index is 0.0250. The zero-order chi connectivity index (χ0) is 18.6. The number of nitrogens with one attached hydrogen (secondary N) is 1. The van der Waals surface area contributed by atoms with Gasteiger partial charge in [0, 0.05) is 38.3 Å². The molecule has 1 saturated heterocycles. The highest BCUT2D eigenvalue weighted by atomic mass is 32.2. The maximum absolute atomic E-state index is 12.9. The van der Waals surface area contributed by atoms with Crippen LogP contribution >= 0.6 is 0 Å². The van der Waals surface area contributed by atoms with Gasteiger partial charge in [0.2, 0.25) is 15.9 Å². The molecule has 0 spiro atoms. The summed E-state index contributed by atoms with van der Waals surface area (Å²) in [6, 6.07) is 6.63. The number of likely N-dealkylation sites (N-methyl/N-ethyl adjacent to an activating group) is 1. The van der Waals surface area contributed by atoms with E-state index in [4.69, 9.17) is 0 Å². The maximum Gasteiger partial charge on any atom is 0.243 e. The fourth-order valence-electron chi connectivity index (χ4n) is 3.86. The van der Waals surface area contributed by atoms with E-state index in [1.54, 1.807) is 28.6 Å². The molecule has 144 valence electrons. The van der Waals surface area contributed by atoms with Crippen molar-refractivity contribution in [2.24, 2.45) is 5.92 Å². The third-order valence-electron chi connectivity index (χ3n) is 5.48. The predicted molar refractivity (Wildman–Crippen MR) is 103 cm³/mol. The smallest absolute Gasteiger partial charge is 0.243 e. The number of carbonyl (C=O) groups excluding carboxylic acids is 1. The number of carbonyl (C=O) groups is 1. The van der Waals surface area contributed by atoms with Crippen LogP contribution in [0.2, 0.25) is 0 Å². The Kier molecular flexibility index (Phi) is 6.32. The van der Waals surface area contributed by atoms with Crippen molar-refractivity contribution in [3.05, 3.63) is 24.3 Å². The van der Waals surface area contributed by atoms with Gasteiger partial charge in [-0.15, -0.1) is 0 Å². The fourth-order valence-corrected chi connectivity index (χ4v) is 5.33. The van der Waals surface area contributed by atoms with Gasteiger partial charge in [0.05, 0.1) is 4.90 Å². The Morgan fingerprint density at radius 2 is 1.85 bits per heavy atom. The lowest BCUT2D eigenvalue weighted by Gasteiger charge is -2.33. The average molecular weight is 380 g/mol. The zero-order valence-electron chi connectivity index (χ0n) is 15.5. The first kappa shape index (κ1) is 19.3. The number of piperazine rings is 1. The second-order valence-electron chi connectivity index (χ2n) is 7.27. The fraction of sp³-hybridized carbons (Fsp3) is 0.632. The Hall–Kier alpha value is -1.44. The molecule has 6 nitrogen and oxygen atoms in total. The van der Waals surface area contributed by atoms with Crippen LogP contribution in [0.1, 0.15) is 39.0 Å². The van der Waals surface area contributed by atoms with Crippen molar-refractivity contribution in [3.63, 3.8) is 0 Å². The molecule has 7 heteroatoms. The molecule has 26 heavy (non-hydrogen) atoms. The van der Waals surface area contributed by atoms with E-state index >= 15 is 0 Å². The zero-order valence-corrected chi connectivity index (χ0v) is 16.3. The third-order valence-corrected chi connectivity index (χ3v) is 7.38. The van der Waals surface area contributed by atoms with Crippen LogP contribution in [0, 0.1) is 5.92 Å². The van der Waals surface area contributed by atoms with Crippen LogP contribution in [0.4, 0.5) is 5.69 Å². The van der Waals surface area contributed by atoms with E-state index in [9.17, 15) is 13.2 Å². The standard InChI is InChI=1S/C19H29N3O3S/c1-2-21-10-12-22(13-11-21)26(24,25)18-9-5-8-17(15-18)20-19(23)14-16-6-3-4-7-16/h5,8-9,15-16H,2-4,6-7,10-14H2,1H3,(H,20,23). The highest BCUT2D eigenvalue weighted by Gasteiger charge is 2.28. The number of sulfonamides is 1. The first-order chi connectivity index (χ1) is 12.5. The molecule has 1 heterocycles. The Labute approximate surface area is 156 Å². The highest BCUT2D eigenvalue weighted by molar-refractivity contribution is 7.89. The quantitative estimate of drug-likeness (QED) is 0.825. The maximum atomic E-state index is 12.9. The predicted octanol–water partition coefficient (Wildman–Crippen LogP) is 2.53. The van der Waals surface area contributed by atoms with Crippen LogP contribution in [-0.2, 0) is 14.8 Å². The molecule has 1 saturated carbocycles. The number of nitrogens with zero attached hydrogens (tertiary/aromatic N) is 2. The monoisotopic (exact) mass is 379 g/mol. The van der Waals surface area contributed by atoms with Gasteiger partial charge in [-0.2, -0.15) is 4.31 Å². The van der Waals surface area contributed by atoms with Gasteiger partial charge < -0.3 is 10.2 Å². The van der Waals surface area contributed by atoms with E-state index < -0.39 is 10.0 Å². The Morgan fingerprint density at radius 1 is 1.15 bits per heavy atom. The summed E-state index contributed by atoms with van der Waals surface area (Å²) in [6.45, 7) is 5.56. The van der Waals surface area contributed by atoms with Gasteiger partial charge in [0.25, 0.3) is 0 Å². The second-order valence-corrected chi connectivity index (χ2v) is 9.21. The molecule has 0 aromatic heterocycles. The van der Waals surface area contributed by atoms with Gasteiger partial charge in [0.15, 0.2) is 0 Å². The van der Waals surface area contributed by atoms with E-state index in [1.807, 2.05) is 0 Å². The Bertz CT molecular complexity index is 721. The van der Waals surface area contributed by atoms with E-state index in [1.165, 1.54) is 12.8 Å². The van der Waals surface area contributed by atoms with Gasteiger partial charge >= 0.3 is 0 Å². The van der Waals surface area contributed by atoms with E-state index in [-0.39, 0.29) is 10.8 Å². The van der Waals surface area contributed by atoms with Crippen molar-refractivity contribution in [3.8, 4) is 0 Å². The summed E-state index contributed by atoms with van der Waals surface area (Å²) >= 11 is 0. The van der Waals surface area contributed by atoms with Crippen LogP contribution in [0.25, 0.3) is 0 Å². The first-order valence-electron chi connectivity index (χ1n) is 9.61. The van der Waals surface area contributed by atoms with Crippen molar-refractivity contribution in [2.45, 2.75) is 43.9 Å². The van der Waals surface area contributed by atoms with Crippen LogP contribution in [-0.4, -0.2) is 56.3 Å². The lowest BCUT2D eigenvalue weighted by Crippen LogP contribution is -2.48. The van der Waals surface area contributed by atoms with Crippen molar-refractivity contribution >= 4 is 21.6 Å². The molecule has 0 atom stereocenters. The molecule has 2 fully saturated rings. The molecule has 3 rings (SSSR count). The minimum atomic E-state index is -3.52. The number of hydrogen-bond acceptors (Lipinski definition) is 4. The molecule has 2 aliphatic rings. The molecule has 1 amide bonds. The van der Waals surface area contributed by atoms with Crippen molar-refractivity contribution < 1.29 is 13.2 Å². The average Bonchev–Trinajstić information content (AvgIpc) is 3.14. The Balaban J connectivity index is 1.65. The molecule has 1 aromatic carbocycles. The summed E-state index contributed by atoms with van der Waals surface area (Å²) in [4.78, 5) is 14.7. The highest BCUT2D eigenvalue weighted by Crippen LogP contribution is 2.28. The number of benzene rings is 1. The summed E-state index contributed by atoms with van der Waals surface area (Å²) in [5, 5.41) is 2.87. The summed E-state index contributed by atoms with van der Waals surface area (Å²) in [5.41, 5.74) is 0.557. The van der Waals surface area contributed by atoms with Gasteiger partial charge in [-0.1, -0.05) is 25.8 Å². The summed E-state index contributed by atoms with van der Waals surface area (Å²) in [5.74, 6) is 0.444. The van der Waals surface area contributed by atoms with Crippen LogP contribution < -0.4 is 5.32 Å². The lowest BCUT2D eigenvalue weighted by molar-refractivity contribution is -0.117. The lowest BCUT2D eigenvalue weighted by atomic mass is 10.0. The number of anilines is 1. The minimum Gasteiger partial charge on any atom is -0.326 e. The van der Waals surface area contributed by atoms with E-state index in [0.717, 1.165) is 32.5 Å². The van der Waals surface area contributed by atoms with Crippen molar-refractivity contribution in [1.29, 1.82) is 0 Å². The Morgan fingerprint density at radius 3 is 2.50 bits per heavy atom. The molecule has 1 aliphatic heterocycles. The SMILES string of the molecule is CCN1CCN(S(=O)(=O)c2cccc(NC(=O)CC3CCCC3)c2)CC1. The number of rotatable bonds is 6. The molecular formula is C19H29N3O3S. The first-order valence-corrected chi connectivity index (χ1v) is 11.1.